The van der Waals surface area contributed by atoms with Crippen molar-refractivity contribution in [3.8, 4) is 0 Å². The van der Waals surface area contributed by atoms with Crippen LogP contribution in [0.5, 0.6) is 0 Å². The Kier molecular flexibility index (Phi) is 12.1. The predicted octanol–water partition coefficient (Wildman–Crippen LogP) is 5.57. The van der Waals surface area contributed by atoms with E-state index in [-0.39, 0.29) is 0 Å². The molecule has 0 heterocycles. The van der Waals surface area contributed by atoms with Crippen LogP contribution in [0, 0.1) is 5.92 Å². The zero-order valence-electron chi connectivity index (χ0n) is 7.55. The summed E-state index contributed by atoms with van der Waals surface area (Å²) in [6.07, 6.45) is 0. The summed E-state index contributed by atoms with van der Waals surface area (Å²) in [6.45, 7) is 4.14. The molecule has 0 amide bonds. The quantitative estimate of drug-likeness (QED) is 0.417. The zero-order valence-corrected chi connectivity index (χ0v) is 17.8. The van der Waals surface area contributed by atoms with Gasteiger partial charge in [0, 0.05) is 0 Å². The summed E-state index contributed by atoms with van der Waals surface area (Å²) >= 11 is -5.70. The van der Waals surface area contributed by atoms with Gasteiger partial charge in [-0.2, -0.15) is 0 Å². The van der Waals surface area contributed by atoms with Crippen molar-refractivity contribution in [2.75, 3.05) is 0 Å². The molecule has 0 aromatic carbocycles. The van der Waals surface area contributed by atoms with E-state index in [1.165, 1.54) is 0 Å². The van der Waals surface area contributed by atoms with Crippen molar-refractivity contribution in [1.82, 2.24) is 0 Å². The Labute approximate surface area is 111 Å². The average molecular weight is 522 g/mol. The summed E-state index contributed by atoms with van der Waals surface area (Å²) < 4.78 is 0.833. The van der Waals surface area contributed by atoms with Crippen molar-refractivity contribution in [3.63, 3.8) is 0 Å². The summed E-state index contributed by atoms with van der Waals surface area (Å²) in [6, 6.07) is 0. The molecule has 0 radical (unpaired) electrons. The molecule has 0 aliphatic heterocycles. The molecule has 0 aliphatic rings. The van der Waals surface area contributed by atoms with Crippen molar-refractivity contribution in [2.45, 2.75) is 23.2 Å². The molecular formula is C5H12Cl6Sn2. The summed E-state index contributed by atoms with van der Waals surface area (Å²) in [7, 11) is 32.8. The van der Waals surface area contributed by atoms with E-state index >= 15 is 0 Å². The summed E-state index contributed by atoms with van der Waals surface area (Å²) in [5.74, 6) is 0.540. The van der Waals surface area contributed by atoms with Gasteiger partial charge >= 0.3 is 113 Å². The standard InChI is InChI=1S/C4H9.CH3.6ClH.2Sn/c1-4(2)3;;;;;;;;;/h4H,1H2,2-3H3;1H3;6*1H;;/q;;;;;;;;2*+3/p-6. The predicted molar refractivity (Wildman–Crippen MR) is 72.1 cm³/mol. The van der Waals surface area contributed by atoms with Crippen LogP contribution in [0.1, 0.15) is 13.8 Å². The van der Waals surface area contributed by atoms with Gasteiger partial charge in [-0.05, 0) is 0 Å². The van der Waals surface area contributed by atoms with Gasteiger partial charge in [-0.3, -0.25) is 0 Å². The van der Waals surface area contributed by atoms with Gasteiger partial charge < -0.3 is 0 Å². The molecule has 0 aromatic heterocycles. The Hall–Kier alpha value is 3.34. The van der Waals surface area contributed by atoms with Gasteiger partial charge in [-0.15, -0.1) is 0 Å². The molecule has 0 nitrogen and oxygen atoms in total. The zero-order chi connectivity index (χ0) is 11.3. The first kappa shape index (κ1) is 18.7. The monoisotopic (exact) mass is 522 g/mol. The van der Waals surface area contributed by atoms with E-state index in [1.807, 2.05) is 0 Å². The molecular weight excluding hydrogens is 510 g/mol. The van der Waals surface area contributed by atoms with Crippen molar-refractivity contribution in [2.24, 2.45) is 5.92 Å². The van der Waals surface area contributed by atoms with Crippen LogP contribution in [0.4, 0.5) is 0 Å². The van der Waals surface area contributed by atoms with Gasteiger partial charge in [0.2, 0.25) is 0 Å². The van der Waals surface area contributed by atoms with Crippen molar-refractivity contribution in [1.29, 1.82) is 0 Å². The van der Waals surface area contributed by atoms with Crippen LogP contribution in [0.25, 0.3) is 0 Å². The van der Waals surface area contributed by atoms with Gasteiger partial charge in [-0.1, -0.05) is 0 Å². The van der Waals surface area contributed by atoms with Gasteiger partial charge in [-0.25, -0.2) is 0 Å². The molecule has 13 heavy (non-hydrogen) atoms. The van der Waals surface area contributed by atoms with Crippen LogP contribution in [-0.4, -0.2) is 30.0 Å². The Balaban J connectivity index is 0. The van der Waals surface area contributed by atoms with E-state index in [9.17, 15) is 0 Å². The molecule has 0 atom stereocenters. The fourth-order valence-corrected chi connectivity index (χ4v) is 9.32. The SMILES string of the molecule is CC(C)[CH2][Sn]([Cl])([Cl])[Cl].[CH3][Sn]([Cl])([Cl])[Cl]. The number of rotatable bonds is 2. The molecule has 82 valence electrons. The molecule has 0 rings (SSSR count). The first-order valence-electron chi connectivity index (χ1n) is 3.55. The fraction of sp³-hybridized carbons (Fsp3) is 1.00. The number of hydrogen-bond acceptors (Lipinski definition) is 0. The second-order valence-corrected chi connectivity index (χ2v) is 48.1. The first-order chi connectivity index (χ1) is 5.42. The van der Waals surface area contributed by atoms with E-state index in [1.54, 1.807) is 4.94 Å². The molecule has 8 heteroatoms. The third kappa shape index (κ3) is 39.2. The minimum absolute atomic E-state index is 0.540. The summed E-state index contributed by atoms with van der Waals surface area (Å²) in [5.41, 5.74) is 0. The topological polar surface area (TPSA) is 0 Å². The van der Waals surface area contributed by atoms with Gasteiger partial charge in [0.25, 0.3) is 0 Å². The van der Waals surface area contributed by atoms with Gasteiger partial charge in [0.1, 0.15) is 0 Å². The molecule has 0 saturated heterocycles. The van der Waals surface area contributed by atoms with E-state index in [4.69, 9.17) is 53.5 Å². The molecule has 0 aliphatic carbocycles. The number of halogens is 6. The summed E-state index contributed by atoms with van der Waals surface area (Å²) in [5, 5.41) is 0. The van der Waals surface area contributed by atoms with Crippen LogP contribution < -0.4 is 0 Å². The van der Waals surface area contributed by atoms with Crippen LogP contribution >= 0.6 is 53.5 Å². The Morgan fingerprint density at radius 1 is 0.923 bits per heavy atom. The molecule has 0 fully saturated rings. The minimum atomic E-state index is -2.94. The van der Waals surface area contributed by atoms with Gasteiger partial charge in [0.05, 0.1) is 0 Å². The molecule has 0 bridgehead atoms. The van der Waals surface area contributed by atoms with Crippen LogP contribution in [0.2, 0.25) is 9.38 Å². The Morgan fingerprint density at radius 3 is 1.15 bits per heavy atom. The first-order valence-corrected chi connectivity index (χ1v) is 30.1. The third-order valence-electron chi connectivity index (χ3n) is 0.640. The van der Waals surface area contributed by atoms with Crippen LogP contribution in [0.3, 0.4) is 0 Å². The average Bonchev–Trinajstić information content (AvgIpc) is 1.47. The molecule has 0 aromatic rings. The van der Waals surface area contributed by atoms with Gasteiger partial charge in [0.15, 0.2) is 0 Å². The molecule has 0 N–H and O–H groups in total. The second kappa shape index (κ2) is 8.43. The van der Waals surface area contributed by atoms with E-state index in [2.05, 4.69) is 13.8 Å². The normalized spacial score (nSPS) is 12.5. The van der Waals surface area contributed by atoms with Crippen molar-refractivity contribution >= 4 is 83.5 Å². The maximum atomic E-state index is 5.67. The second-order valence-electron chi connectivity index (χ2n) is 2.99. The van der Waals surface area contributed by atoms with Crippen molar-refractivity contribution in [3.05, 3.63) is 0 Å². The van der Waals surface area contributed by atoms with E-state index in [0.29, 0.717) is 5.92 Å². The van der Waals surface area contributed by atoms with E-state index < -0.39 is 30.0 Å². The number of hydrogen-bond donors (Lipinski definition) is 0. The Bertz CT molecular complexity index is 120. The summed E-state index contributed by atoms with van der Waals surface area (Å²) in [4.78, 5) is 1.69. The van der Waals surface area contributed by atoms with Crippen LogP contribution in [0.15, 0.2) is 0 Å². The molecule has 0 spiro atoms. The fourth-order valence-electron chi connectivity index (χ4n) is 0.463. The molecule has 0 saturated carbocycles. The van der Waals surface area contributed by atoms with E-state index in [0.717, 1.165) is 4.44 Å². The van der Waals surface area contributed by atoms with Crippen LogP contribution in [-0.2, 0) is 0 Å². The molecule has 0 unspecified atom stereocenters. The Morgan fingerprint density at radius 2 is 1.15 bits per heavy atom. The van der Waals surface area contributed by atoms with Crippen molar-refractivity contribution < 1.29 is 0 Å². The third-order valence-corrected chi connectivity index (χ3v) is 7.40. The maximum absolute atomic E-state index is 5.67.